The largest absolute Gasteiger partial charge is 0.354 e. The van der Waals surface area contributed by atoms with Gasteiger partial charge in [0.1, 0.15) is 5.82 Å². The number of para-hydroxylation sites is 1. The lowest BCUT2D eigenvalue weighted by molar-refractivity contribution is -0.125. The van der Waals surface area contributed by atoms with Gasteiger partial charge in [0.2, 0.25) is 11.8 Å². The molecule has 2 aromatic rings. The predicted octanol–water partition coefficient (Wildman–Crippen LogP) is 1.45. The Morgan fingerprint density at radius 1 is 1.07 bits per heavy atom. The van der Waals surface area contributed by atoms with Gasteiger partial charge in [0.05, 0.1) is 24.3 Å². The summed E-state index contributed by atoms with van der Waals surface area (Å²) in [7, 11) is 0. The summed E-state index contributed by atoms with van der Waals surface area (Å²) in [5, 5.41) is 8.08. The first-order chi connectivity index (χ1) is 13.0. The van der Waals surface area contributed by atoms with Crippen LogP contribution in [0.1, 0.15) is 10.4 Å². The molecule has 3 N–H and O–H groups in total. The number of carbonyl (C=O) groups is 3. The molecule has 0 bridgehead atoms. The fourth-order valence-electron chi connectivity index (χ4n) is 2.74. The Hall–Kier alpha value is -3.26. The van der Waals surface area contributed by atoms with E-state index < -0.39 is 11.7 Å². The minimum absolute atomic E-state index is 0.0569. The van der Waals surface area contributed by atoms with Crippen LogP contribution in [-0.4, -0.2) is 48.8 Å². The monoisotopic (exact) mass is 370 g/mol. The first-order valence-corrected chi connectivity index (χ1v) is 8.46. The molecule has 1 aliphatic rings. The van der Waals surface area contributed by atoms with Gasteiger partial charge in [-0.3, -0.25) is 19.3 Å². The molecule has 0 aromatic heterocycles. The zero-order chi connectivity index (χ0) is 19.2. The summed E-state index contributed by atoms with van der Waals surface area (Å²) in [6.45, 7) is 1.32. The van der Waals surface area contributed by atoms with Crippen LogP contribution in [0.2, 0.25) is 0 Å². The van der Waals surface area contributed by atoms with Crippen molar-refractivity contribution in [2.24, 2.45) is 0 Å². The van der Waals surface area contributed by atoms with Gasteiger partial charge in [0.25, 0.3) is 5.91 Å². The number of halogens is 1. The van der Waals surface area contributed by atoms with E-state index in [2.05, 4.69) is 16.0 Å². The van der Waals surface area contributed by atoms with Crippen molar-refractivity contribution in [1.82, 2.24) is 10.2 Å². The minimum Gasteiger partial charge on any atom is -0.354 e. The molecule has 0 unspecified atom stereocenters. The van der Waals surface area contributed by atoms with Crippen LogP contribution in [-0.2, 0) is 9.59 Å². The second-order valence-corrected chi connectivity index (χ2v) is 6.12. The Morgan fingerprint density at radius 3 is 2.56 bits per heavy atom. The lowest BCUT2D eigenvalue weighted by atomic mass is 10.1. The molecular weight excluding hydrogens is 351 g/mol. The van der Waals surface area contributed by atoms with E-state index in [1.54, 1.807) is 29.2 Å². The van der Waals surface area contributed by atoms with Gasteiger partial charge in [-0.2, -0.15) is 0 Å². The lowest BCUT2D eigenvalue weighted by Gasteiger charge is -2.25. The summed E-state index contributed by atoms with van der Waals surface area (Å²) in [5.41, 5.74) is 1.09. The molecule has 140 valence electrons. The third-order valence-electron chi connectivity index (χ3n) is 4.03. The number of anilines is 2. The zero-order valence-corrected chi connectivity index (χ0v) is 14.5. The van der Waals surface area contributed by atoms with Gasteiger partial charge in [-0.05, 0) is 36.4 Å². The van der Waals surface area contributed by atoms with Gasteiger partial charge < -0.3 is 16.0 Å². The van der Waals surface area contributed by atoms with E-state index in [-0.39, 0.29) is 30.5 Å². The van der Waals surface area contributed by atoms with Gasteiger partial charge >= 0.3 is 0 Å². The Bertz CT molecular complexity index is 854. The normalized spacial score (nSPS) is 14.3. The summed E-state index contributed by atoms with van der Waals surface area (Å²) in [5.74, 6) is -1.25. The number of hydrogen-bond acceptors (Lipinski definition) is 4. The molecule has 1 saturated heterocycles. The Balaban J connectivity index is 1.66. The summed E-state index contributed by atoms with van der Waals surface area (Å²) >= 11 is 0. The van der Waals surface area contributed by atoms with Crippen molar-refractivity contribution >= 4 is 29.1 Å². The molecule has 0 aliphatic carbocycles. The van der Waals surface area contributed by atoms with E-state index >= 15 is 0 Å². The first-order valence-electron chi connectivity index (χ1n) is 8.46. The molecule has 1 fully saturated rings. The average molecular weight is 370 g/mol. The van der Waals surface area contributed by atoms with E-state index in [0.717, 1.165) is 0 Å². The number of nitrogens with one attached hydrogen (secondary N) is 3. The van der Waals surface area contributed by atoms with Gasteiger partial charge in [-0.1, -0.05) is 12.1 Å². The van der Waals surface area contributed by atoms with E-state index in [0.29, 0.717) is 24.5 Å². The number of carbonyl (C=O) groups excluding carboxylic acids is 3. The molecule has 8 heteroatoms. The number of hydrogen-bond donors (Lipinski definition) is 3. The molecule has 2 aromatic carbocycles. The van der Waals surface area contributed by atoms with Crippen LogP contribution in [0.25, 0.3) is 0 Å². The second kappa shape index (κ2) is 8.41. The van der Waals surface area contributed by atoms with Crippen LogP contribution in [0.5, 0.6) is 0 Å². The molecule has 0 atom stereocenters. The van der Waals surface area contributed by atoms with Gasteiger partial charge in [-0.25, -0.2) is 4.39 Å². The SMILES string of the molecule is O=C1CN(CC(=O)Nc2ccccc2C(=O)Nc2ccc(F)cc2)CCN1. The van der Waals surface area contributed by atoms with Crippen molar-refractivity contribution in [2.75, 3.05) is 36.8 Å². The maximum atomic E-state index is 13.0. The summed E-state index contributed by atoms with van der Waals surface area (Å²) in [4.78, 5) is 37.9. The zero-order valence-electron chi connectivity index (χ0n) is 14.5. The smallest absolute Gasteiger partial charge is 0.257 e. The minimum atomic E-state index is -0.421. The van der Waals surface area contributed by atoms with Crippen molar-refractivity contribution in [3.8, 4) is 0 Å². The van der Waals surface area contributed by atoms with E-state index in [1.807, 2.05) is 0 Å². The highest BCUT2D eigenvalue weighted by Gasteiger charge is 2.20. The molecular formula is C19H19FN4O3. The van der Waals surface area contributed by atoms with E-state index in [1.165, 1.54) is 24.3 Å². The summed E-state index contributed by atoms with van der Waals surface area (Å²) < 4.78 is 13.0. The topological polar surface area (TPSA) is 90.5 Å². The predicted molar refractivity (Wildman–Crippen MR) is 98.9 cm³/mol. The van der Waals surface area contributed by atoms with Crippen molar-refractivity contribution < 1.29 is 18.8 Å². The van der Waals surface area contributed by atoms with Crippen molar-refractivity contribution in [3.05, 3.63) is 59.9 Å². The van der Waals surface area contributed by atoms with Crippen molar-refractivity contribution in [3.63, 3.8) is 0 Å². The Labute approximate surface area is 155 Å². The fraction of sp³-hybridized carbons (Fsp3) is 0.211. The molecule has 0 saturated carbocycles. The van der Waals surface area contributed by atoms with Gasteiger partial charge in [-0.15, -0.1) is 0 Å². The maximum absolute atomic E-state index is 13.0. The van der Waals surface area contributed by atoms with E-state index in [9.17, 15) is 18.8 Å². The number of amides is 3. The third-order valence-corrected chi connectivity index (χ3v) is 4.03. The van der Waals surface area contributed by atoms with Gasteiger partial charge in [0.15, 0.2) is 0 Å². The average Bonchev–Trinajstić information content (AvgIpc) is 2.64. The maximum Gasteiger partial charge on any atom is 0.257 e. The van der Waals surface area contributed by atoms with Crippen LogP contribution >= 0.6 is 0 Å². The molecule has 27 heavy (non-hydrogen) atoms. The highest BCUT2D eigenvalue weighted by atomic mass is 19.1. The highest BCUT2D eigenvalue weighted by Crippen LogP contribution is 2.18. The molecule has 0 radical (unpaired) electrons. The second-order valence-electron chi connectivity index (χ2n) is 6.12. The Morgan fingerprint density at radius 2 is 1.81 bits per heavy atom. The molecule has 3 amide bonds. The Kier molecular flexibility index (Phi) is 5.77. The standard InChI is InChI=1S/C19H19FN4O3/c20-13-5-7-14(8-6-13)22-19(27)15-3-1-2-4-16(15)23-18(26)12-24-10-9-21-17(25)11-24/h1-8H,9-12H2,(H,21,25)(H,22,27)(H,23,26). The third kappa shape index (κ3) is 5.11. The lowest BCUT2D eigenvalue weighted by Crippen LogP contribution is -2.49. The van der Waals surface area contributed by atoms with Crippen molar-refractivity contribution in [1.29, 1.82) is 0 Å². The highest BCUT2D eigenvalue weighted by molar-refractivity contribution is 6.10. The number of rotatable bonds is 5. The summed E-state index contributed by atoms with van der Waals surface area (Å²) in [6, 6.07) is 12.0. The molecule has 3 rings (SSSR count). The number of nitrogens with zero attached hydrogens (tertiary/aromatic N) is 1. The first kappa shape index (κ1) is 18.5. The van der Waals surface area contributed by atoms with Crippen LogP contribution in [0.4, 0.5) is 15.8 Å². The molecule has 0 spiro atoms. The van der Waals surface area contributed by atoms with Crippen LogP contribution < -0.4 is 16.0 Å². The van der Waals surface area contributed by atoms with Crippen LogP contribution in [0, 0.1) is 5.82 Å². The molecule has 1 heterocycles. The molecule has 7 nitrogen and oxygen atoms in total. The number of piperazine rings is 1. The van der Waals surface area contributed by atoms with Crippen molar-refractivity contribution in [2.45, 2.75) is 0 Å². The van der Waals surface area contributed by atoms with Crippen LogP contribution in [0.15, 0.2) is 48.5 Å². The number of benzene rings is 2. The van der Waals surface area contributed by atoms with Gasteiger partial charge in [0, 0.05) is 18.8 Å². The molecule has 1 aliphatic heterocycles. The van der Waals surface area contributed by atoms with Crippen LogP contribution in [0.3, 0.4) is 0 Å². The fourth-order valence-corrected chi connectivity index (χ4v) is 2.74. The quantitative estimate of drug-likeness (QED) is 0.743. The summed E-state index contributed by atoms with van der Waals surface area (Å²) in [6.07, 6.45) is 0. The van der Waals surface area contributed by atoms with E-state index in [4.69, 9.17) is 0 Å².